The van der Waals surface area contributed by atoms with E-state index in [0.29, 0.717) is 25.1 Å². The van der Waals surface area contributed by atoms with Gasteiger partial charge in [-0.25, -0.2) is 0 Å². The number of carbonyl (C=O) groups is 2. The lowest BCUT2D eigenvalue weighted by atomic mass is 10.1. The minimum absolute atomic E-state index is 0.0237. The number of benzene rings is 1. The summed E-state index contributed by atoms with van der Waals surface area (Å²) in [6, 6.07) is 9.08. The highest BCUT2D eigenvalue weighted by Gasteiger charge is 2.29. The maximum absolute atomic E-state index is 12.0. The van der Waals surface area contributed by atoms with Crippen molar-refractivity contribution in [2.75, 3.05) is 13.1 Å². The molecule has 2 N–H and O–H groups in total. The number of hydrogen-bond donors (Lipinski definition) is 1. The summed E-state index contributed by atoms with van der Waals surface area (Å²) in [5, 5.41) is 0. The van der Waals surface area contributed by atoms with Gasteiger partial charge in [0.15, 0.2) is 0 Å². The van der Waals surface area contributed by atoms with Gasteiger partial charge in [-0.05, 0) is 18.6 Å². The first kappa shape index (κ1) is 10.7. The fraction of sp³-hybridized carbons (Fsp3) is 0.333. The Hall–Kier alpha value is -1.84. The number of nitrogens with two attached hydrogens (primary N) is 1. The molecule has 0 bridgehead atoms. The van der Waals surface area contributed by atoms with Crippen molar-refractivity contribution in [3.63, 3.8) is 0 Å². The van der Waals surface area contributed by atoms with E-state index in [1.165, 1.54) is 0 Å². The zero-order valence-corrected chi connectivity index (χ0v) is 8.93. The highest BCUT2D eigenvalue weighted by atomic mass is 16.2. The standard InChI is InChI=1S/C12H14N2O2/c13-11(15)10-6-7-14(8-10)12(16)9-4-2-1-3-5-9/h1-5,10H,6-8H2,(H2,13,15). The van der Waals surface area contributed by atoms with Crippen LogP contribution in [0.5, 0.6) is 0 Å². The number of hydrogen-bond acceptors (Lipinski definition) is 2. The van der Waals surface area contributed by atoms with Crippen molar-refractivity contribution < 1.29 is 9.59 Å². The van der Waals surface area contributed by atoms with Gasteiger partial charge >= 0.3 is 0 Å². The normalized spacial score (nSPS) is 19.8. The second-order valence-electron chi connectivity index (χ2n) is 4.01. The van der Waals surface area contributed by atoms with Crippen LogP contribution in [-0.4, -0.2) is 29.8 Å². The molecular formula is C12H14N2O2. The van der Waals surface area contributed by atoms with Crippen LogP contribution >= 0.6 is 0 Å². The van der Waals surface area contributed by atoms with Crippen molar-refractivity contribution >= 4 is 11.8 Å². The topological polar surface area (TPSA) is 63.4 Å². The Bertz CT molecular complexity index is 403. The third-order valence-electron chi connectivity index (χ3n) is 2.90. The molecule has 4 heteroatoms. The Balaban J connectivity index is 2.05. The van der Waals surface area contributed by atoms with Crippen LogP contribution in [0, 0.1) is 5.92 Å². The van der Waals surface area contributed by atoms with E-state index in [2.05, 4.69) is 0 Å². The van der Waals surface area contributed by atoms with Crippen LogP contribution in [0.4, 0.5) is 0 Å². The van der Waals surface area contributed by atoms with Gasteiger partial charge < -0.3 is 10.6 Å². The molecule has 1 aliphatic heterocycles. The first-order chi connectivity index (χ1) is 7.68. The molecule has 1 aliphatic rings. The molecule has 2 amide bonds. The minimum atomic E-state index is -0.316. The molecule has 0 aliphatic carbocycles. The van der Waals surface area contributed by atoms with Crippen molar-refractivity contribution in [1.29, 1.82) is 0 Å². The van der Waals surface area contributed by atoms with Gasteiger partial charge in [0.1, 0.15) is 0 Å². The Labute approximate surface area is 94.0 Å². The lowest BCUT2D eigenvalue weighted by molar-refractivity contribution is -0.121. The molecule has 4 nitrogen and oxygen atoms in total. The molecule has 1 atom stereocenters. The monoisotopic (exact) mass is 218 g/mol. The molecule has 0 saturated carbocycles. The highest BCUT2D eigenvalue weighted by Crippen LogP contribution is 2.18. The first-order valence-electron chi connectivity index (χ1n) is 5.32. The summed E-state index contributed by atoms with van der Waals surface area (Å²) in [5.74, 6) is -0.527. The molecule has 0 spiro atoms. The number of nitrogens with zero attached hydrogens (tertiary/aromatic N) is 1. The Morgan fingerprint density at radius 1 is 1.25 bits per heavy atom. The first-order valence-corrected chi connectivity index (χ1v) is 5.32. The second-order valence-corrected chi connectivity index (χ2v) is 4.01. The van der Waals surface area contributed by atoms with Gasteiger partial charge in [-0.2, -0.15) is 0 Å². The molecule has 0 aromatic heterocycles. The van der Waals surface area contributed by atoms with Crippen molar-refractivity contribution in [3.8, 4) is 0 Å². The largest absolute Gasteiger partial charge is 0.369 e. The van der Waals surface area contributed by atoms with Crippen LogP contribution in [-0.2, 0) is 4.79 Å². The summed E-state index contributed by atoms with van der Waals surface area (Å²) in [6.07, 6.45) is 0.675. The van der Waals surface area contributed by atoms with Crippen LogP contribution in [0.2, 0.25) is 0 Å². The second kappa shape index (κ2) is 4.35. The molecule has 1 unspecified atom stereocenters. The van der Waals surface area contributed by atoms with E-state index >= 15 is 0 Å². The van der Waals surface area contributed by atoms with Crippen LogP contribution in [0.3, 0.4) is 0 Å². The van der Waals surface area contributed by atoms with Crippen LogP contribution in [0.15, 0.2) is 30.3 Å². The Morgan fingerprint density at radius 2 is 1.94 bits per heavy atom. The summed E-state index contributed by atoms with van der Waals surface area (Å²) < 4.78 is 0. The molecule has 0 radical (unpaired) electrons. The van der Waals surface area contributed by atoms with Gasteiger partial charge in [-0.1, -0.05) is 18.2 Å². The summed E-state index contributed by atoms with van der Waals surface area (Å²) in [5.41, 5.74) is 5.88. The van der Waals surface area contributed by atoms with Crippen LogP contribution < -0.4 is 5.73 Å². The van der Waals surface area contributed by atoms with Gasteiger partial charge in [0, 0.05) is 18.7 Å². The fourth-order valence-corrected chi connectivity index (χ4v) is 1.94. The summed E-state index contributed by atoms with van der Waals surface area (Å²) in [7, 11) is 0. The fourth-order valence-electron chi connectivity index (χ4n) is 1.94. The number of amides is 2. The van der Waals surface area contributed by atoms with Crippen LogP contribution in [0.1, 0.15) is 16.8 Å². The number of carbonyl (C=O) groups excluding carboxylic acids is 2. The van der Waals surface area contributed by atoms with Gasteiger partial charge in [0.2, 0.25) is 5.91 Å². The Kier molecular flexibility index (Phi) is 2.90. The van der Waals surface area contributed by atoms with E-state index in [4.69, 9.17) is 5.73 Å². The lowest BCUT2D eigenvalue weighted by Crippen LogP contribution is -2.31. The van der Waals surface area contributed by atoms with Crippen molar-refractivity contribution in [2.24, 2.45) is 11.7 Å². The smallest absolute Gasteiger partial charge is 0.253 e. The number of rotatable bonds is 2. The molecule has 1 saturated heterocycles. The van der Waals surface area contributed by atoms with E-state index in [1.807, 2.05) is 18.2 Å². The maximum atomic E-state index is 12.0. The quantitative estimate of drug-likeness (QED) is 0.791. The predicted octanol–water partition coefficient (Wildman–Crippen LogP) is 0.634. The van der Waals surface area contributed by atoms with E-state index in [9.17, 15) is 9.59 Å². The maximum Gasteiger partial charge on any atom is 0.253 e. The summed E-state index contributed by atoms with van der Waals surface area (Å²) >= 11 is 0. The van der Waals surface area contributed by atoms with Gasteiger partial charge in [-0.3, -0.25) is 9.59 Å². The zero-order chi connectivity index (χ0) is 11.5. The summed E-state index contributed by atoms with van der Waals surface area (Å²) in [4.78, 5) is 24.7. The van der Waals surface area contributed by atoms with E-state index in [1.54, 1.807) is 17.0 Å². The molecule has 1 aromatic carbocycles. The molecule has 1 fully saturated rings. The number of likely N-dealkylation sites (tertiary alicyclic amines) is 1. The van der Waals surface area contributed by atoms with Gasteiger partial charge in [0.25, 0.3) is 5.91 Å². The van der Waals surface area contributed by atoms with E-state index in [0.717, 1.165) is 0 Å². The zero-order valence-electron chi connectivity index (χ0n) is 8.93. The molecule has 1 heterocycles. The molecule has 1 aromatic rings. The minimum Gasteiger partial charge on any atom is -0.369 e. The van der Waals surface area contributed by atoms with Crippen molar-refractivity contribution in [3.05, 3.63) is 35.9 Å². The van der Waals surface area contributed by atoms with Crippen LogP contribution in [0.25, 0.3) is 0 Å². The van der Waals surface area contributed by atoms with Gasteiger partial charge in [0.05, 0.1) is 5.92 Å². The average Bonchev–Trinajstić information content (AvgIpc) is 2.78. The third kappa shape index (κ3) is 2.05. The van der Waals surface area contributed by atoms with Crippen molar-refractivity contribution in [2.45, 2.75) is 6.42 Å². The highest BCUT2D eigenvalue weighted by molar-refractivity contribution is 5.94. The Morgan fingerprint density at radius 3 is 2.50 bits per heavy atom. The predicted molar refractivity (Wildman–Crippen MR) is 59.6 cm³/mol. The molecular weight excluding hydrogens is 204 g/mol. The summed E-state index contributed by atoms with van der Waals surface area (Å²) in [6.45, 7) is 1.06. The SMILES string of the molecule is NC(=O)C1CCN(C(=O)c2ccccc2)C1. The molecule has 16 heavy (non-hydrogen) atoms. The number of primary amides is 1. The lowest BCUT2D eigenvalue weighted by Gasteiger charge is -2.15. The molecule has 84 valence electrons. The third-order valence-corrected chi connectivity index (χ3v) is 2.90. The van der Waals surface area contributed by atoms with Crippen molar-refractivity contribution in [1.82, 2.24) is 4.90 Å². The van der Waals surface area contributed by atoms with E-state index in [-0.39, 0.29) is 17.7 Å². The van der Waals surface area contributed by atoms with Gasteiger partial charge in [-0.15, -0.1) is 0 Å². The van der Waals surface area contributed by atoms with E-state index < -0.39 is 0 Å². The average molecular weight is 218 g/mol. The molecule has 2 rings (SSSR count).